The smallest absolute Gasteiger partial charge is 0.0515 e. The number of rotatable bonds is 9. The van der Waals surface area contributed by atoms with Gasteiger partial charge in [0.1, 0.15) is 0 Å². The summed E-state index contributed by atoms with van der Waals surface area (Å²) in [4.78, 5) is 0. The van der Waals surface area contributed by atoms with Crippen LogP contribution in [0.4, 0.5) is 0 Å². The molecule has 1 N–H and O–H groups in total. The van der Waals surface area contributed by atoms with E-state index in [1.165, 1.54) is 62.5 Å². The van der Waals surface area contributed by atoms with Crippen LogP contribution >= 0.6 is 0 Å². The van der Waals surface area contributed by atoms with E-state index in [4.69, 9.17) is 4.74 Å². The molecular weight excluding hydrogens is 284 g/mol. The second kappa shape index (κ2) is 10.1. The summed E-state index contributed by atoms with van der Waals surface area (Å²) in [5, 5.41) is 9.53. The van der Waals surface area contributed by atoms with Crippen molar-refractivity contribution in [1.82, 2.24) is 0 Å². The maximum absolute atomic E-state index is 9.53. The molecule has 0 radical (unpaired) electrons. The number of hydrogen-bond donors (Lipinski definition) is 1. The molecule has 1 aromatic rings. The van der Waals surface area contributed by atoms with Crippen molar-refractivity contribution >= 4 is 0 Å². The minimum Gasteiger partial charge on any atom is -0.396 e. The number of ether oxygens (including phenoxy) is 1. The standard InChI is InChI=1S/C21H34O2/c1-3-4-5-6-17-7-9-18(10-8-17)19-11-13-20(14-12-19)21(15-22)16-23-2/h7-10,19-22H,3-6,11-16H2,1-2H3. The Balaban J connectivity index is 1.82. The number of hydrogen-bond acceptors (Lipinski definition) is 2. The van der Waals surface area contributed by atoms with Crippen molar-refractivity contribution in [2.75, 3.05) is 20.3 Å². The van der Waals surface area contributed by atoms with Crippen molar-refractivity contribution < 1.29 is 9.84 Å². The van der Waals surface area contributed by atoms with Gasteiger partial charge in [-0.15, -0.1) is 0 Å². The molecular formula is C21H34O2. The molecule has 1 atom stereocenters. The van der Waals surface area contributed by atoms with E-state index in [0.29, 0.717) is 24.4 Å². The largest absolute Gasteiger partial charge is 0.396 e. The third-order valence-corrected chi connectivity index (χ3v) is 5.57. The van der Waals surface area contributed by atoms with Crippen molar-refractivity contribution in [3.63, 3.8) is 0 Å². The van der Waals surface area contributed by atoms with Crippen molar-refractivity contribution in [3.8, 4) is 0 Å². The zero-order valence-electron chi connectivity index (χ0n) is 15.0. The maximum atomic E-state index is 9.53. The molecule has 0 amide bonds. The average molecular weight is 319 g/mol. The van der Waals surface area contributed by atoms with Gasteiger partial charge in [-0.2, -0.15) is 0 Å². The van der Waals surface area contributed by atoms with E-state index < -0.39 is 0 Å². The van der Waals surface area contributed by atoms with Gasteiger partial charge in [-0.1, -0.05) is 44.0 Å². The van der Waals surface area contributed by atoms with Crippen LogP contribution in [0.5, 0.6) is 0 Å². The number of aliphatic hydroxyl groups is 1. The first kappa shape index (κ1) is 18.5. The Kier molecular flexibility index (Phi) is 8.11. The summed E-state index contributed by atoms with van der Waals surface area (Å²) in [6, 6.07) is 9.37. The zero-order valence-corrected chi connectivity index (χ0v) is 15.0. The van der Waals surface area contributed by atoms with Crippen LogP contribution in [0.15, 0.2) is 24.3 Å². The Labute approximate surface area is 142 Å². The predicted octanol–water partition coefficient (Wildman–Crippen LogP) is 4.95. The van der Waals surface area contributed by atoms with E-state index in [0.717, 1.165) is 0 Å². The minimum atomic E-state index is 0.260. The normalized spacial score (nSPS) is 22.9. The van der Waals surface area contributed by atoms with Gasteiger partial charge in [0.05, 0.1) is 6.61 Å². The number of unbranched alkanes of at least 4 members (excludes halogenated alkanes) is 2. The first-order valence-electron chi connectivity index (χ1n) is 9.47. The van der Waals surface area contributed by atoms with Gasteiger partial charge in [0, 0.05) is 19.6 Å². The summed E-state index contributed by atoms with van der Waals surface area (Å²) in [7, 11) is 1.73. The molecule has 2 heteroatoms. The van der Waals surface area contributed by atoms with Gasteiger partial charge >= 0.3 is 0 Å². The van der Waals surface area contributed by atoms with Gasteiger partial charge in [-0.3, -0.25) is 0 Å². The fourth-order valence-corrected chi connectivity index (χ4v) is 4.01. The molecule has 1 fully saturated rings. The first-order chi connectivity index (χ1) is 11.3. The topological polar surface area (TPSA) is 29.5 Å². The summed E-state index contributed by atoms with van der Waals surface area (Å²) >= 11 is 0. The summed E-state index contributed by atoms with van der Waals surface area (Å²) < 4.78 is 5.25. The average Bonchev–Trinajstić information content (AvgIpc) is 2.61. The summed E-state index contributed by atoms with van der Waals surface area (Å²) in [6.45, 7) is 3.21. The highest BCUT2D eigenvalue weighted by molar-refractivity contribution is 5.26. The lowest BCUT2D eigenvalue weighted by atomic mass is 9.74. The lowest BCUT2D eigenvalue weighted by molar-refractivity contribution is 0.0601. The molecule has 0 heterocycles. The van der Waals surface area contributed by atoms with Crippen LogP contribution in [-0.4, -0.2) is 25.4 Å². The van der Waals surface area contributed by atoms with E-state index in [2.05, 4.69) is 31.2 Å². The van der Waals surface area contributed by atoms with Gasteiger partial charge in [0.15, 0.2) is 0 Å². The van der Waals surface area contributed by atoms with Crippen molar-refractivity contribution in [1.29, 1.82) is 0 Å². The molecule has 1 aliphatic rings. The number of benzene rings is 1. The number of aliphatic hydroxyl groups excluding tert-OH is 1. The molecule has 1 unspecified atom stereocenters. The van der Waals surface area contributed by atoms with E-state index >= 15 is 0 Å². The van der Waals surface area contributed by atoms with Gasteiger partial charge in [-0.05, 0) is 61.5 Å². The quantitative estimate of drug-likeness (QED) is 0.653. The van der Waals surface area contributed by atoms with Crippen molar-refractivity contribution in [3.05, 3.63) is 35.4 Å². The molecule has 0 spiro atoms. The molecule has 1 aliphatic carbocycles. The summed E-state index contributed by atoms with van der Waals surface area (Å²) in [5.74, 6) is 1.66. The Morgan fingerprint density at radius 1 is 1.09 bits per heavy atom. The molecule has 2 nitrogen and oxygen atoms in total. The third kappa shape index (κ3) is 5.61. The fraction of sp³-hybridized carbons (Fsp3) is 0.714. The van der Waals surface area contributed by atoms with Crippen LogP contribution in [0.2, 0.25) is 0 Å². The fourth-order valence-electron chi connectivity index (χ4n) is 4.01. The lowest BCUT2D eigenvalue weighted by Gasteiger charge is -2.33. The SMILES string of the molecule is CCCCCc1ccc(C2CCC(C(CO)COC)CC2)cc1. The van der Waals surface area contributed by atoms with E-state index in [9.17, 15) is 5.11 Å². The zero-order chi connectivity index (χ0) is 16.5. The van der Waals surface area contributed by atoms with Crippen molar-refractivity contribution in [2.45, 2.75) is 64.2 Å². The number of aryl methyl sites for hydroxylation is 1. The lowest BCUT2D eigenvalue weighted by Crippen LogP contribution is -2.27. The van der Waals surface area contributed by atoms with E-state index in [1.807, 2.05) is 0 Å². The number of methoxy groups -OCH3 is 1. The first-order valence-corrected chi connectivity index (χ1v) is 9.47. The Morgan fingerprint density at radius 3 is 2.35 bits per heavy atom. The molecule has 0 aromatic heterocycles. The minimum absolute atomic E-state index is 0.260. The molecule has 2 rings (SSSR count). The molecule has 23 heavy (non-hydrogen) atoms. The monoisotopic (exact) mass is 318 g/mol. The Hall–Kier alpha value is -0.860. The highest BCUT2D eigenvalue weighted by atomic mass is 16.5. The highest BCUT2D eigenvalue weighted by Crippen LogP contribution is 2.38. The second-order valence-electron chi connectivity index (χ2n) is 7.21. The van der Waals surface area contributed by atoms with Crippen LogP contribution in [0.3, 0.4) is 0 Å². The highest BCUT2D eigenvalue weighted by Gasteiger charge is 2.27. The summed E-state index contributed by atoms with van der Waals surface area (Å²) in [5.41, 5.74) is 2.99. The predicted molar refractivity (Wildman–Crippen MR) is 96.8 cm³/mol. The van der Waals surface area contributed by atoms with Crippen molar-refractivity contribution in [2.24, 2.45) is 11.8 Å². The van der Waals surface area contributed by atoms with Gasteiger partial charge in [-0.25, -0.2) is 0 Å². The van der Waals surface area contributed by atoms with E-state index in [-0.39, 0.29) is 6.61 Å². The van der Waals surface area contributed by atoms with Crippen LogP contribution in [-0.2, 0) is 11.2 Å². The molecule has 0 bridgehead atoms. The Morgan fingerprint density at radius 2 is 1.78 bits per heavy atom. The Bertz CT molecular complexity index is 418. The molecule has 130 valence electrons. The maximum Gasteiger partial charge on any atom is 0.0515 e. The second-order valence-corrected chi connectivity index (χ2v) is 7.21. The van der Waals surface area contributed by atoms with Gasteiger partial charge in [0.25, 0.3) is 0 Å². The van der Waals surface area contributed by atoms with E-state index in [1.54, 1.807) is 7.11 Å². The summed E-state index contributed by atoms with van der Waals surface area (Å²) in [6.07, 6.45) is 10.1. The third-order valence-electron chi connectivity index (χ3n) is 5.57. The van der Waals surface area contributed by atoms with Gasteiger partial charge in [0.2, 0.25) is 0 Å². The molecule has 1 saturated carbocycles. The molecule has 1 aromatic carbocycles. The van der Waals surface area contributed by atoms with Crippen LogP contribution in [0.25, 0.3) is 0 Å². The van der Waals surface area contributed by atoms with Crippen LogP contribution in [0.1, 0.15) is 68.9 Å². The molecule has 0 aliphatic heterocycles. The van der Waals surface area contributed by atoms with Gasteiger partial charge < -0.3 is 9.84 Å². The van der Waals surface area contributed by atoms with Crippen LogP contribution in [0, 0.1) is 11.8 Å². The molecule has 0 saturated heterocycles. The van der Waals surface area contributed by atoms with Crippen LogP contribution < -0.4 is 0 Å².